The molecule has 0 saturated heterocycles. The second-order valence-corrected chi connectivity index (χ2v) is 4.33. The minimum atomic E-state index is -0.473. The summed E-state index contributed by atoms with van der Waals surface area (Å²) in [5.41, 5.74) is 1.15. The Hall–Kier alpha value is -1.91. The molecule has 0 bridgehead atoms. The summed E-state index contributed by atoms with van der Waals surface area (Å²) in [7, 11) is 0. The molecule has 1 aliphatic heterocycles. The maximum Gasteiger partial charge on any atom is 0.300 e. The van der Waals surface area contributed by atoms with Crippen molar-refractivity contribution in [2.24, 2.45) is 0 Å². The predicted molar refractivity (Wildman–Crippen MR) is 82.3 cm³/mol. The number of rotatable bonds is 6. The number of anilines is 1. The third-order valence-corrected chi connectivity index (χ3v) is 2.99. The summed E-state index contributed by atoms with van der Waals surface area (Å²) in [5.74, 6) is -0.910. The SMILES string of the molecule is C=CCN(CC=C)CN1C(=O)C(=O)c2ccccc21.Cl. The van der Waals surface area contributed by atoms with Gasteiger partial charge in [0.15, 0.2) is 0 Å². The predicted octanol–water partition coefficient (Wildman–Crippen LogP) is 2.27. The van der Waals surface area contributed by atoms with Crippen LogP contribution in [0.25, 0.3) is 0 Å². The molecule has 0 radical (unpaired) electrons. The van der Waals surface area contributed by atoms with Gasteiger partial charge in [-0.3, -0.25) is 19.4 Å². The van der Waals surface area contributed by atoms with Crippen LogP contribution in [0.15, 0.2) is 49.6 Å². The van der Waals surface area contributed by atoms with Crippen molar-refractivity contribution in [3.8, 4) is 0 Å². The number of carbonyl (C=O) groups is 2. The molecule has 0 atom stereocenters. The zero-order valence-corrected chi connectivity index (χ0v) is 11.9. The number of para-hydroxylation sites is 1. The van der Waals surface area contributed by atoms with Gasteiger partial charge in [0.25, 0.3) is 5.78 Å². The van der Waals surface area contributed by atoms with Gasteiger partial charge in [-0.15, -0.1) is 25.6 Å². The molecule has 0 aliphatic carbocycles. The summed E-state index contributed by atoms with van der Waals surface area (Å²) in [5, 5.41) is 0. The van der Waals surface area contributed by atoms with E-state index in [-0.39, 0.29) is 12.4 Å². The zero-order valence-electron chi connectivity index (χ0n) is 11.1. The van der Waals surface area contributed by atoms with E-state index in [1.165, 1.54) is 4.90 Å². The number of hydrogen-bond donors (Lipinski definition) is 0. The third kappa shape index (κ3) is 2.98. The summed E-state index contributed by atoms with van der Waals surface area (Å²) in [6, 6.07) is 7.06. The van der Waals surface area contributed by atoms with Gasteiger partial charge in [0, 0.05) is 13.1 Å². The highest BCUT2D eigenvalue weighted by Gasteiger charge is 2.35. The van der Waals surface area contributed by atoms with Crippen LogP contribution >= 0.6 is 12.4 Å². The molecular weight excluding hydrogens is 276 g/mol. The van der Waals surface area contributed by atoms with Gasteiger partial charge >= 0.3 is 5.91 Å². The molecule has 4 nitrogen and oxygen atoms in total. The third-order valence-electron chi connectivity index (χ3n) is 2.99. The molecule has 106 valence electrons. The van der Waals surface area contributed by atoms with E-state index in [9.17, 15) is 9.59 Å². The first-order valence-electron chi connectivity index (χ1n) is 6.08. The van der Waals surface area contributed by atoms with Gasteiger partial charge in [0.2, 0.25) is 0 Å². The fourth-order valence-corrected chi connectivity index (χ4v) is 2.14. The Labute approximate surface area is 124 Å². The van der Waals surface area contributed by atoms with E-state index in [2.05, 4.69) is 13.2 Å². The van der Waals surface area contributed by atoms with Crippen molar-refractivity contribution in [1.82, 2.24) is 4.90 Å². The number of nitrogens with zero attached hydrogens (tertiary/aromatic N) is 2. The summed E-state index contributed by atoms with van der Waals surface area (Å²) < 4.78 is 0. The molecule has 0 fully saturated rings. The van der Waals surface area contributed by atoms with Crippen molar-refractivity contribution in [2.45, 2.75) is 0 Å². The Morgan fingerprint density at radius 1 is 1.10 bits per heavy atom. The highest BCUT2D eigenvalue weighted by molar-refractivity contribution is 6.52. The second-order valence-electron chi connectivity index (χ2n) is 4.33. The first kappa shape index (κ1) is 16.1. The number of ketones is 1. The fraction of sp³-hybridized carbons (Fsp3) is 0.200. The lowest BCUT2D eigenvalue weighted by molar-refractivity contribution is -0.114. The molecule has 1 heterocycles. The number of hydrogen-bond acceptors (Lipinski definition) is 3. The van der Waals surface area contributed by atoms with Crippen LogP contribution in [0.4, 0.5) is 5.69 Å². The molecule has 1 amide bonds. The van der Waals surface area contributed by atoms with Gasteiger partial charge in [-0.2, -0.15) is 0 Å². The number of benzene rings is 1. The van der Waals surface area contributed by atoms with Gasteiger partial charge < -0.3 is 0 Å². The van der Waals surface area contributed by atoms with Crippen molar-refractivity contribution in [3.05, 3.63) is 55.1 Å². The average molecular weight is 293 g/mol. The van der Waals surface area contributed by atoms with Crippen LogP contribution in [0.1, 0.15) is 10.4 Å². The van der Waals surface area contributed by atoms with Crippen LogP contribution in [0.3, 0.4) is 0 Å². The largest absolute Gasteiger partial charge is 0.300 e. The molecular formula is C15H17ClN2O2. The van der Waals surface area contributed by atoms with E-state index in [0.717, 1.165) is 0 Å². The van der Waals surface area contributed by atoms with Gasteiger partial charge in [0.05, 0.1) is 17.9 Å². The number of halogens is 1. The monoisotopic (exact) mass is 292 g/mol. The first-order valence-corrected chi connectivity index (χ1v) is 6.08. The lowest BCUT2D eigenvalue weighted by atomic mass is 10.1. The van der Waals surface area contributed by atoms with Crippen LogP contribution in [-0.4, -0.2) is 36.3 Å². The van der Waals surface area contributed by atoms with E-state index in [1.807, 2.05) is 11.0 Å². The van der Waals surface area contributed by atoms with Crippen LogP contribution in [-0.2, 0) is 4.79 Å². The van der Waals surface area contributed by atoms with Gasteiger partial charge in [0.1, 0.15) is 0 Å². The Balaban J connectivity index is 0.00000200. The van der Waals surface area contributed by atoms with E-state index in [0.29, 0.717) is 31.0 Å². The lowest BCUT2D eigenvalue weighted by Gasteiger charge is -2.25. The number of fused-ring (bicyclic) bond motifs is 1. The lowest BCUT2D eigenvalue weighted by Crippen LogP contribution is -2.41. The molecule has 0 N–H and O–H groups in total. The summed E-state index contributed by atoms with van der Waals surface area (Å²) >= 11 is 0. The molecule has 1 aliphatic rings. The molecule has 1 aromatic carbocycles. The van der Waals surface area contributed by atoms with Crippen LogP contribution in [0.2, 0.25) is 0 Å². The van der Waals surface area contributed by atoms with Gasteiger partial charge in [-0.25, -0.2) is 0 Å². The molecule has 0 aromatic heterocycles. The normalized spacial score (nSPS) is 13.2. The zero-order chi connectivity index (χ0) is 13.8. The van der Waals surface area contributed by atoms with Crippen molar-refractivity contribution < 1.29 is 9.59 Å². The second kappa shape index (κ2) is 7.03. The van der Waals surface area contributed by atoms with Gasteiger partial charge in [-0.1, -0.05) is 24.3 Å². The smallest absolute Gasteiger partial charge is 0.291 e. The van der Waals surface area contributed by atoms with Crippen LogP contribution in [0, 0.1) is 0 Å². The van der Waals surface area contributed by atoms with E-state index < -0.39 is 11.7 Å². The number of amides is 1. The average Bonchev–Trinajstić information content (AvgIpc) is 2.65. The van der Waals surface area contributed by atoms with E-state index in [4.69, 9.17) is 0 Å². The molecule has 2 rings (SSSR count). The molecule has 5 heteroatoms. The molecule has 0 spiro atoms. The Bertz CT molecular complexity index is 532. The quantitative estimate of drug-likeness (QED) is 0.596. The van der Waals surface area contributed by atoms with Crippen molar-refractivity contribution in [1.29, 1.82) is 0 Å². The topological polar surface area (TPSA) is 40.6 Å². The highest BCUT2D eigenvalue weighted by atomic mass is 35.5. The molecule has 0 unspecified atom stereocenters. The number of carbonyl (C=O) groups excluding carboxylic acids is 2. The van der Waals surface area contributed by atoms with Crippen molar-refractivity contribution in [2.75, 3.05) is 24.7 Å². The Kier molecular flexibility index (Phi) is 5.67. The van der Waals surface area contributed by atoms with Gasteiger partial charge in [-0.05, 0) is 12.1 Å². The number of Topliss-reactive ketones (excluding diaryl/α,β-unsaturated/α-hetero) is 1. The highest BCUT2D eigenvalue weighted by Crippen LogP contribution is 2.28. The van der Waals surface area contributed by atoms with E-state index >= 15 is 0 Å². The molecule has 0 saturated carbocycles. The fourth-order valence-electron chi connectivity index (χ4n) is 2.14. The van der Waals surface area contributed by atoms with Crippen LogP contribution < -0.4 is 4.90 Å². The minimum absolute atomic E-state index is 0. The van der Waals surface area contributed by atoms with Crippen LogP contribution in [0.5, 0.6) is 0 Å². The summed E-state index contributed by atoms with van der Waals surface area (Å²) in [4.78, 5) is 27.3. The maximum atomic E-state index is 12.0. The minimum Gasteiger partial charge on any atom is -0.291 e. The molecule has 1 aromatic rings. The Morgan fingerprint density at radius 3 is 2.30 bits per heavy atom. The molecule has 20 heavy (non-hydrogen) atoms. The first-order chi connectivity index (χ1) is 9.19. The summed E-state index contributed by atoms with van der Waals surface area (Å²) in [6.07, 6.45) is 3.52. The van der Waals surface area contributed by atoms with Crippen molar-refractivity contribution >= 4 is 29.8 Å². The van der Waals surface area contributed by atoms with E-state index in [1.54, 1.807) is 30.4 Å². The summed E-state index contributed by atoms with van der Waals surface area (Å²) in [6.45, 7) is 9.00. The van der Waals surface area contributed by atoms with Crippen molar-refractivity contribution in [3.63, 3.8) is 0 Å². The Morgan fingerprint density at radius 2 is 1.70 bits per heavy atom. The maximum absolute atomic E-state index is 12.0. The standard InChI is InChI=1S/C15H16N2O2.ClH/c1-3-9-16(10-4-2)11-17-13-8-6-5-7-12(13)14(18)15(17)19;/h3-8H,1-2,9-11H2;1H.